The summed E-state index contributed by atoms with van der Waals surface area (Å²) >= 11 is 0. The molecule has 0 radical (unpaired) electrons. The fourth-order valence-corrected chi connectivity index (χ4v) is 3.89. The zero-order valence-electron chi connectivity index (χ0n) is 15.6. The van der Waals surface area contributed by atoms with E-state index in [1.165, 1.54) is 0 Å². The van der Waals surface area contributed by atoms with Crippen LogP contribution >= 0.6 is 0 Å². The van der Waals surface area contributed by atoms with Crippen molar-refractivity contribution in [2.45, 2.75) is 44.6 Å². The third kappa shape index (κ3) is 3.55. The number of imidazole rings is 1. The number of hydrogen-bond donors (Lipinski definition) is 3. The molecule has 5 N–H and O–H groups in total. The van der Waals surface area contributed by atoms with Gasteiger partial charge in [-0.3, -0.25) is 0 Å². The number of anilines is 3. The molecule has 142 valence electrons. The quantitative estimate of drug-likeness (QED) is 0.639. The Labute approximate surface area is 158 Å². The Kier molecular flexibility index (Phi) is 4.85. The van der Waals surface area contributed by atoms with Crippen LogP contribution in [0.25, 0.3) is 5.65 Å². The molecule has 1 aliphatic carbocycles. The maximum Gasteiger partial charge on any atom is 0.177 e. The Hall–Kier alpha value is -2.80. The third-order valence-electron chi connectivity index (χ3n) is 5.20. The number of nitrogen functional groups attached to an aromatic ring is 1. The Morgan fingerprint density at radius 1 is 1.26 bits per heavy atom. The zero-order valence-corrected chi connectivity index (χ0v) is 15.6. The summed E-state index contributed by atoms with van der Waals surface area (Å²) in [7, 11) is 0. The number of nitrogens with two attached hydrogens (primary N) is 2. The molecule has 27 heavy (non-hydrogen) atoms. The highest BCUT2D eigenvalue weighted by atomic mass is 16.5. The fraction of sp³-hybridized carbons (Fsp3) is 0.400. The van der Waals surface area contributed by atoms with Gasteiger partial charge in [-0.05, 0) is 50.7 Å². The second-order valence-electron chi connectivity index (χ2n) is 7.07. The van der Waals surface area contributed by atoms with Gasteiger partial charge in [-0.2, -0.15) is 0 Å². The van der Waals surface area contributed by atoms with Crippen LogP contribution in [0.4, 0.5) is 17.2 Å². The van der Waals surface area contributed by atoms with E-state index in [4.69, 9.17) is 16.2 Å². The van der Waals surface area contributed by atoms with Crippen LogP contribution in [-0.4, -0.2) is 27.2 Å². The lowest BCUT2D eigenvalue weighted by atomic mass is 9.81. The van der Waals surface area contributed by atoms with E-state index in [1.54, 1.807) is 10.7 Å². The lowest BCUT2D eigenvalue weighted by molar-refractivity contribution is 0.340. The van der Waals surface area contributed by atoms with Crippen LogP contribution in [0.2, 0.25) is 0 Å². The van der Waals surface area contributed by atoms with Gasteiger partial charge in [-0.25, -0.2) is 9.50 Å². The first-order chi connectivity index (χ1) is 13.2. The van der Waals surface area contributed by atoms with Gasteiger partial charge in [0, 0.05) is 35.8 Å². The highest BCUT2D eigenvalue weighted by Gasteiger charge is 2.27. The smallest absolute Gasteiger partial charge is 0.177 e. The average molecular weight is 366 g/mol. The summed E-state index contributed by atoms with van der Waals surface area (Å²) in [4.78, 5) is 4.51. The first-order valence-electron chi connectivity index (χ1n) is 9.54. The number of fused-ring (bicyclic) bond motifs is 1. The summed E-state index contributed by atoms with van der Waals surface area (Å²) in [5.41, 5.74) is 16.2. The van der Waals surface area contributed by atoms with Crippen molar-refractivity contribution in [2.75, 3.05) is 17.7 Å². The average Bonchev–Trinajstić information content (AvgIpc) is 3.12. The minimum atomic E-state index is 0.282. The molecular weight excluding hydrogens is 340 g/mol. The van der Waals surface area contributed by atoms with Crippen molar-refractivity contribution in [2.24, 2.45) is 5.73 Å². The molecule has 3 aromatic rings. The summed E-state index contributed by atoms with van der Waals surface area (Å²) in [6, 6.07) is 8.20. The van der Waals surface area contributed by atoms with Crippen molar-refractivity contribution in [3.63, 3.8) is 0 Å². The zero-order chi connectivity index (χ0) is 18.8. The van der Waals surface area contributed by atoms with Crippen molar-refractivity contribution >= 4 is 22.8 Å². The van der Waals surface area contributed by atoms with E-state index in [1.807, 2.05) is 37.4 Å². The molecule has 0 bridgehead atoms. The molecule has 0 saturated heterocycles. The summed E-state index contributed by atoms with van der Waals surface area (Å²) in [5.74, 6) is 1.70. The maximum absolute atomic E-state index is 6.39. The van der Waals surface area contributed by atoms with Crippen LogP contribution in [0, 0.1) is 0 Å². The monoisotopic (exact) mass is 366 g/mol. The Morgan fingerprint density at radius 3 is 2.85 bits per heavy atom. The number of aromatic nitrogens is 3. The second-order valence-corrected chi connectivity index (χ2v) is 7.07. The SMILES string of the molecule is CCOc1cccc(Nc2c(C3CCC(N)CC3)c(N)nn3ccnc23)c1. The summed E-state index contributed by atoms with van der Waals surface area (Å²) in [5, 5.41) is 8.05. The van der Waals surface area contributed by atoms with E-state index < -0.39 is 0 Å². The molecule has 7 heteroatoms. The number of hydrogen-bond acceptors (Lipinski definition) is 6. The first kappa shape index (κ1) is 17.6. The number of rotatable bonds is 5. The van der Waals surface area contributed by atoms with Gasteiger partial charge in [-0.15, -0.1) is 5.10 Å². The van der Waals surface area contributed by atoms with Crippen LogP contribution in [-0.2, 0) is 0 Å². The largest absolute Gasteiger partial charge is 0.494 e. The summed E-state index contributed by atoms with van der Waals surface area (Å²) < 4.78 is 7.35. The van der Waals surface area contributed by atoms with Gasteiger partial charge in [0.2, 0.25) is 0 Å². The van der Waals surface area contributed by atoms with Crippen LogP contribution < -0.4 is 21.5 Å². The summed E-state index contributed by atoms with van der Waals surface area (Å²) in [6.45, 7) is 2.60. The molecule has 0 amide bonds. The highest BCUT2D eigenvalue weighted by molar-refractivity contribution is 5.81. The molecule has 1 fully saturated rings. The van der Waals surface area contributed by atoms with Gasteiger partial charge in [-0.1, -0.05) is 6.07 Å². The molecule has 7 nitrogen and oxygen atoms in total. The van der Waals surface area contributed by atoms with Crippen LogP contribution in [0.1, 0.15) is 44.1 Å². The minimum Gasteiger partial charge on any atom is -0.494 e. The molecule has 1 aromatic carbocycles. The number of benzene rings is 1. The van der Waals surface area contributed by atoms with Gasteiger partial charge in [0.05, 0.1) is 12.3 Å². The van der Waals surface area contributed by atoms with Crippen molar-refractivity contribution in [1.82, 2.24) is 14.6 Å². The van der Waals surface area contributed by atoms with Gasteiger partial charge < -0.3 is 21.5 Å². The van der Waals surface area contributed by atoms with Gasteiger partial charge in [0.25, 0.3) is 0 Å². The molecule has 0 aliphatic heterocycles. The predicted molar refractivity (Wildman–Crippen MR) is 107 cm³/mol. The molecular formula is C20H26N6O. The first-order valence-corrected chi connectivity index (χ1v) is 9.54. The van der Waals surface area contributed by atoms with Crippen LogP contribution in [0.5, 0.6) is 5.75 Å². The van der Waals surface area contributed by atoms with Crippen molar-refractivity contribution in [3.05, 3.63) is 42.2 Å². The standard InChI is InChI=1S/C20H26N6O/c1-2-27-16-5-3-4-15(12-16)24-18-17(13-6-8-14(21)9-7-13)19(22)25-26-11-10-23-20(18)26/h3-5,10-14,24H,2,6-9,21H2,1H3,(H2,22,25). The molecule has 2 heterocycles. The topological polar surface area (TPSA) is 103 Å². The van der Waals surface area contributed by atoms with Crippen molar-refractivity contribution < 1.29 is 4.74 Å². The van der Waals surface area contributed by atoms with E-state index >= 15 is 0 Å². The Morgan fingerprint density at radius 2 is 2.07 bits per heavy atom. The lowest BCUT2D eigenvalue weighted by Crippen LogP contribution is -2.26. The highest BCUT2D eigenvalue weighted by Crippen LogP contribution is 2.41. The Balaban J connectivity index is 1.77. The predicted octanol–water partition coefficient (Wildman–Crippen LogP) is 3.44. The minimum absolute atomic E-state index is 0.282. The van der Waals surface area contributed by atoms with Crippen molar-refractivity contribution in [3.8, 4) is 5.75 Å². The lowest BCUT2D eigenvalue weighted by Gasteiger charge is -2.28. The molecule has 1 aliphatic rings. The Bertz CT molecular complexity index is 929. The van der Waals surface area contributed by atoms with Crippen LogP contribution in [0.3, 0.4) is 0 Å². The second kappa shape index (κ2) is 7.44. The maximum atomic E-state index is 6.39. The molecule has 2 aromatic heterocycles. The molecule has 0 unspecified atom stereocenters. The van der Waals surface area contributed by atoms with E-state index in [-0.39, 0.29) is 6.04 Å². The number of nitrogens with zero attached hydrogens (tertiary/aromatic N) is 3. The molecule has 0 spiro atoms. The molecule has 4 rings (SSSR count). The van der Waals surface area contributed by atoms with E-state index in [0.29, 0.717) is 18.3 Å². The number of nitrogens with one attached hydrogen (secondary N) is 1. The van der Waals surface area contributed by atoms with Crippen molar-refractivity contribution in [1.29, 1.82) is 0 Å². The third-order valence-corrected chi connectivity index (χ3v) is 5.20. The van der Waals surface area contributed by atoms with Gasteiger partial charge in [0.15, 0.2) is 5.65 Å². The fourth-order valence-electron chi connectivity index (χ4n) is 3.89. The van der Waals surface area contributed by atoms with E-state index in [9.17, 15) is 0 Å². The van der Waals surface area contributed by atoms with E-state index in [2.05, 4.69) is 15.4 Å². The normalized spacial score (nSPS) is 19.9. The molecule has 1 saturated carbocycles. The summed E-state index contributed by atoms with van der Waals surface area (Å²) in [6.07, 6.45) is 7.58. The van der Waals surface area contributed by atoms with E-state index in [0.717, 1.165) is 54.0 Å². The van der Waals surface area contributed by atoms with Gasteiger partial charge in [0.1, 0.15) is 11.6 Å². The van der Waals surface area contributed by atoms with Crippen LogP contribution in [0.15, 0.2) is 36.7 Å². The van der Waals surface area contributed by atoms with Gasteiger partial charge >= 0.3 is 0 Å². The number of ether oxygens (including phenoxy) is 1. The molecule has 0 atom stereocenters.